The van der Waals surface area contributed by atoms with Gasteiger partial charge in [-0.05, 0) is 25.7 Å². The molecule has 0 aromatic heterocycles. The molecule has 0 aliphatic carbocycles. The predicted octanol–water partition coefficient (Wildman–Crippen LogP) is 2.47. The summed E-state index contributed by atoms with van der Waals surface area (Å²) in [5.41, 5.74) is -0.216. The van der Waals surface area contributed by atoms with Gasteiger partial charge in [-0.3, -0.25) is 4.79 Å². The highest BCUT2D eigenvalue weighted by Crippen LogP contribution is 2.26. The van der Waals surface area contributed by atoms with E-state index in [0.717, 1.165) is 6.42 Å². The Labute approximate surface area is 107 Å². The van der Waals surface area contributed by atoms with Crippen LogP contribution in [-0.2, 0) is 4.79 Å². The second-order valence-electron chi connectivity index (χ2n) is 6.37. The molecule has 0 atom stereocenters. The van der Waals surface area contributed by atoms with Gasteiger partial charge in [-0.2, -0.15) is 13.2 Å². The maximum absolute atomic E-state index is 11.9. The second kappa shape index (κ2) is 5.91. The second-order valence-corrected chi connectivity index (χ2v) is 6.37. The number of nitrogens with one attached hydrogen (secondary N) is 2. The summed E-state index contributed by atoms with van der Waals surface area (Å²) in [5, 5.41) is 4.80. The molecule has 1 amide bonds. The Hall–Kier alpha value is -0.780. The fourth-order valence-corrected chi connectivity index (χ4v) is 1.97. The lowest BCUT2D eigenvalue weighted by Gasteiger charge is -2.33. The lowest BCUT2D eigenvalue weighted by molar-refractivity contribution is -0.138. The van der Waals surface area contributed by atoms with Gasteiger partial charge in [0.05, 0.1) is 6.54 Å². The maximum Gasteiger partial charge on any atom is 0.405 e. The van der Waals surface area contributed by atoms with E-state index in [2.05, 4.69) is 26.1 Å². The van der Waals surface area contributed by atoms with E-state index in [9.17, 15) is 18.0 Å². The first-order valence-corrected chi connectivity index (χ1v) is 5.89. The van der Waals surface area contributed by atoms with Gasteiger partial charge in [0.25, 0.3) is 0 Å². The number of hydrogen-bond donors (Lipinski definition) is 2. The van der Waals surface area contributed by atoms with Crippen molar-refractivity contribution in [1.29, 1.82) is 0 Å². The van der Waals surface area contributed by atoms with Gasteiger partial charge in [0.1, 0.15) is 6.54 Å². The summed E-state index contributed by atoms with van der Waals surface area (Å²) in [5.74, 6) is -0.644. The first-order chi connectivity index (χ1) is 7.81. The zero-order chi connectivity index (χ0) is 14.6. The number of halogens is 3. The van der Waals surface area contributed by atoms with Gasteiger partial charge in [-0.15, -0.1) is 0 Å². The quantitative estimate of drug-likeness (QED) is 0.804. The van der Waals surface area contributed by atoms with E-state index in [1.54, 1.807) is 0 Å². The van der Waals surface area contributed by atoms with Crippen LogP contribution in [0.25, 0.3) is 0 Å². The van der Waals surface area contributed by atoms with Crippen molar-refractivity contribution in [1.82, 2.24) is 10.6 Å². The molecule has 3 nitrogen and oxygen atoms in total. The van der Waals surface area contributed by atoms with Crippen LogP contribution in [0.5, 0.6) is 0 Å². The molecule has 0 bridgehead atoms. The van der Waals surface area contributed by atoms with Crippen LogP contribution < -0.4 is 10.6 Å². The topological polar surface area (TPSA) is 41.1 Å². The minimum atomic E-state index is -4.36. The molecule has 0 saturated heterocycles. The predicted molar refractivity (Wildman–Crippen MR) is 65.2 cm³/mol. The molecule has 2 N–H and O–H groups in total. The van der Waals surface area contributed by atoms with Crippen LogP contribution in [0.15, 0.2) is 0 Å². The van der Waals surface area contributed by atoms with Crippen molar-refractivity contribution in [2.45, 2.75) is 52.8 Å². The Morgan fingerprint density at radius 1 is 1.06 bits per heavy atom. The van der Waals surface area contributed by atoms with Crippen LogP contribution in [0.3, 0.4) is 0 Å². The fourth-order valence-electron chi connectivity index (χ4n) is 1.97. The van der Waals surface area contributed by atoms with Crippen LogP contribution in [0, 0.1) is 5.41 Å². The van der Waals surface area contributed by atoms with Gasteiger partial charge < -0.3 is 10.6 Å². The first kappa shape index (κ1) is 17.2. The van der Waals surface area contributed by atoms with Gasteiger partial charge in [0.2, 0.25) is 5.91 Å². The van der Waals surface area contributed by atoms with Crippen molar-refractivity contribution in [3.05, 3.63) is 0 Å². The van der Waals surface area contributed by atoms with E-state index in [-0.39, 0.29) is 17.5 Å². The van der Waals surface area contributed by atoms with Gasteiger partial charge in [-0.25, -0.2) is 0 Å². The van der Waals surface area contributed by atoms with Crippen LogP contribution >= 0.6 is 0 Å². The third-order valence-electron chi connectivity index (χ3n) is 2.19. The van der Waals surface area contributed by atoms with E-state index >= 15 is 0 Å². The third kappa shape index (κ3) is 10.4. The zero-order valence-corrected chi connectivity index (χ0v) is 11.7. The highest BCUT2D eigenvalue weighted by molar-refractivity contribution is 5.78. The summed E-state index contributed by atoms with van der Waals surface area (Å²) in [6.07, 6.45) is -3.55. The summed E-state index contributed by atoms with van der Waals surface area (Å²) in [6, 6.07) is 0. The number of amides is 1. The Morgan fingerprint density at radius 3 is 1.94 bits per heavy atom. The number of hydrogen-bond acceptors (Lipinski definition) is 2. The lowest BCUT2D eigenvalue weighted by atomic mass is 9.82. The van der Waals surface area contributed by atoms with E-state index in [0.29, 0.717) is 0 Å². The highest BCUT2D eigenvalue weighted by Gasteiger charge is 2.29. The minimum Gasteiger partial charge on any atom is -0.346 e. The summed E-state index contributed by atoms with van der Waals surface area (Å²) >= 11 is 0. The van der Waals surface area contributed by atoms with Gasteiger partial charge in [0.15, 0.2) is 0 Å². The van der Waals surface area contributed by atoms with E-state index in [1.807, 2.05) is 19.2 Å². The molecule has 0 heterocycles. The number of carbonyl (C=O) groups is 1. The van der Waals surface area contributed by atoms with Crippen LogP contribution in [-0.4, -0.2) is 30.7 Å². The maximum atomic E-state index is 11.9. The van der Waals surface area contributed by atoms with Crippen molar-refractivity contribution in [3.8, 4) is 0 Å². The normalized spacial score (nSPS) is 13.6. The molecule has 0 aliphatic heterocycles. The Kier molecular flexibility index (Phi) is 5.65. The van der Waals surface area contributed by atoms with Gasteiger partial charge >= 0.3 is 6.18 Å². The number of rotatable bonds is 5. The molecule has 0 aromatic carbocycles. The molecule has 0 unspecified atom stereocenters. The molecule has 18 heavy (non-hydrogen) atoms. The standard InChI is InChI=1S/C12H23F3N2O/c1-10(2,3)7-11(4,5)17-6-9(18)16-8-12(13,14)15/h17H,6-8H2,1-5H3,(H,16,18). The van der Waals surface area contributed by atoms with E-state index in [4.69, 9.17) is 0 Å². The van der Waals surface area contributed by atoms with E-state index in [1.165, 1.54) is 0 Å². The molecule has 0 aliphatic rings. The van der Waals surface area contributed by atoms with E-state index < -0.39 is 18.6 Å². The smallest absolute Gasteiger partial charge is 0.346 e. The molecular formula is C12H23F3N2O. The minimum absolute atomic E-state index is 0.0823. The SMILES string of the molecule is CC(C)(C)CC(C)(C)NCC(=O)NCC(F)(F)F. The summed E-state index contributed by atoms with van der Waals surface area (Å²) in [6.45, 7) is 8.66. The molecule has 0 saturated carbocycles. The zero-order valence-electron chi connectivity index (χ0n) is 11.7. The van der Waals surface area contributed by atoms with Crippen molar-refractivity contribution in [2.75, 3.05) is 13.1 Å². The summed E-state index contributed by atoms with van der Waals surface area (Å²) in [7, 11) is 0. The molecule has 6 heteroatoms. The van der Waals surface area contributed by atoms with Crippen molar-refractivity contribution in [2.24, 2.45) is 5.41 Å². The van der Waals surface area contributed by atoms with Crippen LogP contribution in [0.1, 0.15) is 41.0 Å². The number of carbonyl (C=O) groups excluding carboxylic acids is 1. The van der Waals surface area contributed by atoms with Crippen LogP contribution in [0.2, 0.25) is 0 Å². The summed E-state index contributed by atoms with van der Waals surface area (Å²) in [4.78, 5) is 11.2. The molecule has 0 radical (unpaired) electrons. The molecule has 0 spiro atoms. The van der Waals surface area contributed by atoms with Gasteiger partial charge in [-0.1, -0.05) is 20.8 Å². The molecule has 0 rings (SSSR count). The average Bonchev–Trinajstić information content (AvgIpc) is 2.06. The Bertz CT molecular complexity index is 280. The van der Waals surface area contributed by atoms with Crippen LogP contribution in [0.4, 0.5) is 13.2 Å². The Balaban J connectivity index is 4.05. The van der Waals surface area contributed by atoms with Crippen molar-refractivity contribution >= 4 is 5.91 Å². The van der Waals surface area contributed by atoms with Crippen molar-refractivity contribution < 1.29 is 18.0 Å². The largest absolute Gasteiger partial charge is 0.405 e. The fraction of sp³-hybridized carbons (Fsp3) is 0.917. The van der Waals surface area contributed by atoms with Crippen molar-refractivity contribution in [3.63, 3.8) is 0 Å². The molecule has 0 fully saturated rings. The van der Waals surface area contributed by atoms with Gasteiger partial charge in [0, 0.05) is 5.54 Å². The number of alkyl halides is 3. The first-order valence-electron chi connectivity index (χ1n) is 5.89. The molecular weight excluding hydrogens is 245 g/mol. The Morgan fingerprint density at radius 2 is 1.56 bits per heavy atom. The molecule has 108 valence electrons. The molecule has 0 aromatic rings. The highest BCUT2D eigenvalue weighted by atomic mass is 19.4. The lowest BCUT2D eigenvalue weighted by Crippen LogP contribution is -2.48. The third-order valence-corrected chi connectivity index (χ3v) is 2.19. The summed E-state index contributed by atoms with van der Waals surface area (Å²) < 4.78 is 35.6. The monoisotopic (exact) mass is 268 g/mol. The average molecular weight is 268 g/mol.